The first-order chi connectivity index (χ1) is 11.1. The Hall–Kier alpha value is -2.18. The van der Waals surface area contributed by atoms with Gasteiger partial charge in [0.15, 0.2) is 0 Å². The van der Waals surface area contributed by atoms with Gasteiger partial charge in [-0.3, -0.25) is 0 Å². The molecule has 0 aliphatic carbocycles. The SMILES string of the molecule is Cc1cc(C)c(C)c(S(=O)(=O)NCc2ccc(C(=O)O)cc2)c1C. The largest absolute Gasteiger partial charge is 0.478 e. The van der Waals surface area contributed by atoms with E-state index in [-0.39, 0.29) is 12.1 Å². The van der Waals surface area contributed by atoms with Gasteiger partial charge in [-0.2, -0.15) is 0 Å². The van der Waals surface area contributed by atoms with E-state index in [0.717, 1.165) is 22.3 Å². The summed E-state index contributed by atoms with van der Waals surface area (Å²) in [5.41, 5.74) is 4.22. The molecule has 0 aliphatic rings. The second kappa shape index (κ2) is 6.75. The van der Waals surface area contributed by atoms with E-state index < -0.39 is 16.0 Å². The first-order valence-corrected chi connectivity index (χ1v) is 9.01. The van der Waals surface area contributed by atoms with E-state index in [4.69, 9.17) is 5.11 Å². The number of aromatic carboxylic acids is 1. The maximum absolute atomic E-state index is 12.7. The summed E-state index contributed by atoms with van der Waals surface area (Å²) < 4.78 is 28.0. The number of carbonyl (C=O) groups is 1. The van der Waals surface area contributed by atoms with E-state index in [2.05, 4.69) is 4.72 Å². The minimum Gasteiger partial charge on any atom is -0.478 e. The third-order valence-corrected chi connectivity index (χ3v) is 5.91. The van der Waals surface area contributed by atoms with Crippen LogP contribution in [0, 0.1) is 27.7 Å². The standard InChI is InChI=1S/C18H21NO4S/c1-11-9-12(2)14(4)17(13(11)3)24(22,23)19-10-15-5-7-16(8-6-15)18(20)21/h5-9,19H,10H2,1-4H3,(H,20,21). The Bertz CT molecular complexity index is 858. The molecule has 2 rings (SSSR count). The Balaban J connectivity index is 2.28. The van der Waals surface area contributed by atoms with Gasteiger partial charge in [-0.25, -0.2) is 17.9 Å². The second-order valence-electron chi connectivity index (χ2n) is 5.92. The lowest BCUT2D eigenvalue weighted by Gasteiger charge is -2.16. The summed E-state index contributed by atoms with van der Waals surface area (Å²) in [5.74, 6) is -1.01. The molecule has 0 fully saturated rings. The van der Waals surface area contributed by atoms with E-state index in [1.807, 2.05) is 19.9 Å². The molecule has 0 amide bonds. The van der Waals surface area contributed by atoms with Crippen molar-refractivity contribution in [3.63, 3.8) is 0 Å². The Morgan fingerprint density at radius 1 is 1.00 bits per heavy atom. The molecule has 24 heavy (non-hydrogen) atoms. The lowest BCUT2D eigenvalue weighted by atomic mass is 10.0. The highest BCUT2D eigenvalue weighted by Gasteiger charge is 2.21. The molecule has 2 aromatic rings. The van der Waals surface area contributed by atoms with Gasteiger partial charge in [-0.05, 0) is 67.6 Å². The lowest BCUT2D eigenvalue weighted by molar-refractivity contribution is 0.0697. The summed E-state index contributed by atoms with van der Waals surface area (Å²) in [7, 11) is -3.66. The average Bonchev–Trinajstić information content (AvgIpc) is 2.51. The smallest absolute Gasteiger partial charge is 0.335 e. The van der Waals surface area contributed by atoms with Crippen molar-refractivity contribution in [2.24, 2.45) is 0 Å². The molecule has 0 atom stereocenters. The molecule has 0 aromatic heterocycles. The molecule has 6 heteroatoms. The Morgan fingerprint density at radius 3 is 1.96 bits per heavy atom. The number of nitrogens with one attached hydrogen (secondary N) is 1. The van der Waals surface area contributed by atoms with Gasteiger partial charge >= 0.3 is 5.97 Å². The van der Waals surface area contributed by atoms with E-state index in [1.165, 1.54) is 12.1 Å². The van der Waals surface area contributed by atoms with Crippen LogP contribution in [0.25, 0.3) is 0 Å². The van der Waals surface area contributed by atoms with Crippen LogP contribution in [-0.2, 0) is 16.6 Å². The van der Waals surface area contributed by atoms with Gasteiger partial charge in [-0.15, -0.1) is 0 Å². The van der Waals surface area contributed by atoms with Crippen molar-refractivity contribution in [3.8, 4) is 0 Å². The molecule has 0 bridgehead atoms. The van der Waals surface area contributed by atoms with Crippen LogP contribution in [0.4, 0.5) is 0 Å². The predicted molar refractivity (Wildman–Crippen MR) is 92.8 cm³/mol. The quantitative estimate of drug-likeness (QED) is 0.870. The van der Waals surface area contributed by atoms with Crippen LogP contribution in [0.15, 0.2) is 35.2 Å². The maximum atomic E-state index is 12.7. The molecule has 0 radical (unpaired) electrons. The number of carboxylic acids is 1. The molecule has 5 nitrogen and oxygen atoms in total. The minimum absolute atomic E-state index is 0.105. The molecule has 0 aliphatic heterocycles. The molecule has 2 aromatic carbocycles. The van der Waals surface area contributed by atoms with E-state index in [0.29, 0.717) is 10.5 Å². The zero-order valence-corrected chi connectivity index (χ0v) is 15.0. The maximum Gasteiger partial charge on any atom is 0.335 e. The van der Waals surface area contributed by atoms with Crippen molar-refractivity contribution < 1.29 is 18.3 Å². The van der Waals surface area contributed by atoms with Crippen molar-refractivity contribution in [3.05, 3.63) is 63.7 Å². The number of rotatable bonds is 5. The van der Waals surface area contributed by atoms with E-state index >= 15 is 0 Å². The second-order valence-corrected chi connectivity index (χ2v) is 7.62. The molecular weight excluding hydrogens is 326 g/mol. The number of sulfonamides is 1. The summed E-state index contributed by atoms with van der Waals surface area (Å²) in [6.07, 6.45) is 0. The molecule has 0 spiro atoms. The third kappa shape index (κ3) is 3.66. The summed E-state index contributed by atoms with van der Waals surface area (Å²) >= 11 is 0. The first-order valence-electron chi connectivity index (χ1n) is 7.53. The number of aryl methyl sites for hydroxylation is 2. The fourth-order valence-electron chi connectivity index (χ4n) is 2.60. The van der Waals surface area contributed by atoms with Gasteiger partial charge in [0.2, 0.25) is 10.0 Å². The van der Waals surface area contributed by atoms with Crippen molar-refractivity contribution in [2.75, 3.05) is 0 Å². The van der Waals surface area contributed by atoms with Gasteiger partial charge in [0.1, 0.15) is 0 Å². The summed E-state index contributed by atoms with van der Waals surface area (Å²) in [4.78, 5) is 11.2. The van der Waals surface area contributed by atoms with Crippen LogP contribution in [0.3, 0.4) is 0 Å². The molecule has 128 valence electrons. The number of hydrogen-bond donors (Lipinski definition) is 2. The van der Waals surface area contributed by atoms with Crippen molar-refractivity contribution in [2.45, 2.75) is 39.1 Å². The van der Waals surface area contributed by atoms with Crippen molar-refractivity contribution in [1.82, 2.24) is 4.72 Å². The van der Waals surface area contributed by atoms with Crippen molar-refractivity contribution in [1.29, 1.82) is 0 Å². The molecular formula is C18H21NO4S. The first kappa shape index (κ1) is 18.2. The van der Waals surface area contributed by atoms with Gasteiger partial charge in [0, 0.05) is 6.54 Å². The fourth-order valence-corrected chi connectivity index (χ4v) is 4.23. The fraction of sp³-hybridized carbons (Fsp3) is 0.278. The van der Waals surface area contributed by atoms with Gasteiger partial charge < -0.3 is 5.11 Å². The Morgan fingerprint density at radius 2 is 1.50 bits per heavy atom. The predicted octanol–water partition coefficient (Wildman–Crippen LogP) is 3.10. The summed E-state index contributed by atoms with van der Waals surface area (Å²) in [5, 5.41) is 8.89. The monoisotopic (exact) mass is 347 g/mol. The zero-order valence-electron chi connectivity index (χ0n) is 14.2. The number of hydrogen-bond acceptors (Lipinski definition) is 3. The highest BCUT2D eigenvalue weighted by atomic mass is 32.2. The minimum atomic E-state index is -3.66. The molecule has 0 saturated heterocycles. The van der Waals surface area contributed by atoms with Crippen LogP contribution < -0.4 is 4.72 Å². The van der Waals surface area contributed by atoms with Crippen LogP contribution in [0.1, 0.15) is 38.2 Å². The summed E-state index contributed by atoms with van der Waals surface area (Å²) in [6.45, 7) is 7.50. The van der Waals surface area contributed by atoms with Crippen LogP contribution in [0.5, 0.6) is 0 Å². The van der Waals surface area contributed by atoms with Gasteiger partial charge in [0.25, 0.3) is 0 Å². The normalized spacial score (nSPS) is 11.5. The van der Waals surface area contributed by atoms with Crippen LogP contribution in [0.2, 0.25) is 0 Å². The van der Waals surface area contributed by atoms with E-state index in [9.17, 15) is 13.2 Å². The molecule has 0 heterocycles. The van der Waals surface area contributed by atoms with E-state index in [1.54, 1.807) is 26.0 Å². The number of carboxylic acid groups (broad SMARTS) is 1. The number of benzene rings is 2. The molecule has 2 N–H and O–H groups in total. The molecule has 0 saturated carbocycles. The topological polar surface area (TPSA) is 83.5 Å². The molecule has 0 unspecified atom stereocenters. The highest BCUT2D eigenvalue weighted by molar-refractivity contribution is 7.89. The average molecular weight is 347 g/mol. The zero-order chi connectivity index (χ0) is 18.1. The van der Waals surface area contributed by atoms with Gasteiger partial charge in [0.05, 0.1) is 10.5 Å². The lowest BCUT2D eigenvalue weighted by Crippen LogP contribution is -2.25. The highest BCUT2D eigenvalue weighted by Crippen LogP contribution is 2.26. The van der Waals surface area contributed by atoms with Gasteiger partial charge in [-0.1, -0.05) is 18.2 Å². The Labute approximate surface area is 142 Å². The Kier molecular flexibility index (Phi) is 5.11. The third-order valence-electron chi connectivity index (χ3n) is 4.23. The van der Waals surface area contributed by atoms with Crippen molar-refractivity contribution >= 4 is 16.0 Å². The summed E-state index contributed by atoms with van der Waals surface area (Å²) in [6, 6.07) is 8.10. The van der Waals surface area contributed by atoms with Crippen LogP contribution in [-0.4, -0.2) is 19.5 Å². The van der Waals surface area contributed by atoms with Crippen LogP contribution >= 0.6 is 0 Å².